The molecule has 0 amide bonds. The molecule has 3 atom stereocenters. The van der Waals surface area contributed by atoms with Crippen molar-refractivity contribution in [3.63, 3.8) is 0 Å². The minimum Gasteiger partial charge on any atom is -0.508 e. The van der Waals surface area contributed by atoms with Gasteiger partial charge in [-0.05, 0) is 91.9 Å². The van der Waals surface area contributed by atoms with Crippen molar-refractivity contribution < 1.29 is 28.1 Å². The highest BCUT2D eigenvalue weighted by Crippen LogP contribution is 2.48. The van der Waals surface area contributed by atoms with Crippen LogP contribution in [-0.2, 0) is 9.84 Å². The average molecular weight is 550 g/mol. The third kappa shape index (κ3) is 5.63. The number of aromatic hydroxyl groups is 2. The van der Waals surface area contributed by atoms with Gasteiger partial charge < -0.3 is 19.7 Å². The molecule has 3 aromatic carbocycles. The maximum atomic E-state index is 12.4. The van der Waals surface area contributed by atoms with Gasteiger partial charge in [0, 0.05) is 30.0 Å². The summed E-state index contributed by atoms with van der Waals surface area (Å²) >= 11 is 0. The highest BCUT2D eigenvalue weighted by atomic mass is 32.2. The van der Waals surface area contributed by atoms with Crippen LogP contribution in [0.3, 0.4) is 0 Å². The lowest BCUT2D eigenvalue weighted by atomic mass is 9.86. The lowest BCUT2D eigenvalue weighted by molar-refractivity contribution is 0.169. The Bertz CT molecular complexity index is 1510. The number of hydrogen-bond acceptors (Lipinski definition) is 7. The Labute approximate surface area is 230 Å². The summed E-state index contributed by atoms with van der Waals surface area (Å²) in [4.78, 5) is 2.32. The van der Waals surface area contributed by atoms with Gasteiger partial charge in [-0.1, -0.05) is 25.1 Å². The first kappa shape index (κ1) is 27.1. The van der Waals surface area contributed by atoms with Crippen molar-refractivity contribution in [1.29, 1.82) is 0 Å². The molecule has 1 fully saturated rings. The fraction of sp³-hybridized carbons (Fsp3) is 0.355. The summed E-state index contributed by atoms with van der Waals surface area (Å²) in [5, 5.41) is 20.4. The van der Waals surface area contributed by atoms with Crippen molar-refractivity contribution in [3.05, 3.63) is 77.4 Å². The maximum absolute atomic E-state index is 12.4. The fourth-order valence-electron chi connectivity index (χ4n) is 5.45. The number of fused-ring (bicyclic) bond motifs is 1. The van der Waals surface area contributed by atoms with E-state index in [4.69, 9.17) is 9.47 Å². The largest absolute Gasteiger partial charge is 0.508 e. The lowest BCUT2D eigenvalue weighted by Gasteiger charge is -2.31. The molecule has 2 aliphatic rings. The van der Waals surface area contributed by atoms with Crippen LogP contribution in [-0.4, -0.2) is 55.5 Å². The second-order valence-electron chi connectivity index (χ2n) is 10.8. The maximum Gasteiger partial charge on any atom is 0.179 e. The van der Waals surface area contributed by atoms with Crippen molar-refractivity contribution in [2.75, 3.05) is 26.0 Å². The van der Waals surface area contributed by atoms with Crippen LogP contribution in [0.15, 0.2) is 65.6 Å². The number of likely N-dealkylation sites (tertiary alicyclic amines) is 1. The molecule has 2 N–H and O–H groups in total. The van der Waals surface area contributed by atoms with Gasteiger partial charge in [0.15, 0.2) is 9.84 Å². The zero-order chi connectivity index (χ0) is 27.9. The van der Waals surface area contributed by atoms with Gasteiger partial charge in [-0.2, -0.15) is 0 Å². The Hall–Kier alpha value is -3.49. The molecule has 1 saturated heterocycles. The zero-order valence-electron chi connectivity index (χ0n) is 22.7. The van der Waals surface area contributed by atoms with Gasteiger partial charge in [-0.3, -0.25) is 4.90 Å². The first-order valence-corrected chi connectivity index (χ1v) is 15.1. The molecular formula is C31H35NO6S. The Morgan fingerprint density at radius 1 is 1.08 bits per heavy atom. The van der Waals surface area contributed by atoms with Crippen molar-refractivity contribution >= 4 is 21.0 Å². The molecule has 206 valence electrons. The molecule has 0 spiro atoms. The highest BCUT2D eigenvalue weighted by molar-refractivity contribution is 7.90. The molecule has 0 aromatic heterocycles. The summed E-state index contributed by atoms with van der Waals surface area (Å²) in [6, 6.07) is 17.6. The van der Waals surface area contributed by atoms with E-state index < -0.39 is 15.9 Å². The number of hydrogen-bond donors (Lipinski definition) is 2. The predicted molar refractivity (Wildman–Crippen MR) is 152 cm³/mol. The quantitative estimate of drug-likeness (QED) is 0.392. The van der Waals surface area contributed by atoms with E-state index in [0.29, 0.717) is 24.0 Å². The minimum absolute atomic E-state index is 0.108. The molecule has 2 heterocycles. The highest BCUT2D eigenvalue weighted by Gasteiger charge is 2.31. The Morgan fingerprint density at radius 3 is 2.49 bits per heavy atom. The van der Waals surface area contributed by atoms with Crippen LogP contribution in [0, 0.1) is 5.92 Å². The summed E-state index contributed by atoms with van der Waals surface area (Å²) < 4.78 is 37.3. The average Bonchev–Trinajstić information content (AvgIpc) is 3.34. The summed E-state index contributed by atoms with van der Waals surface area (Å²) in [5.41, 5.74) is 3.80. The number of nitrogens with zero attached hydrogens (tertiary/aromatic N) is 1. The molecule has 0 radical (unpaired) electrons. The Morgan fingerprint density at radius 2 is 1.82 bits per heavy atom. The molecule has 39 heavy (non-hydrogen) atoms. The fourth-order valence-corrected chi connectivity index (χ4v) is 6.24. The molecule has 7 nitrogen and oxygen atoms in total. The SMILES string of the molecule is CC1=C(c2ccc(O)c(S(C)(=O)=O)c2)C(c2ccc(OCC(C)N3CCC(C)C3)cc2)Oc2ccc(O)cc21. The molecular weight excluding hydrogens is 514 g/mol. The third-order valence-electron chi connectivity index (χ3n) is 7.70. The summed E-state index contributed by atoms with van der Waals surface area (Å²) in [5.74, 6) is 1.92. The zero-order valence-corrected chi connectivity index (χ0v) is 23.5. The van der Waals surface area contributed by atoms with Crippen molar-refractivity contribution in [3.8, 4) is 23.0 Å². The number of allylic oxidation sites excluding steroid dienone is 1. The van der Waals surface area contributed by atoms with Crippen molar-refractivity contribution in [2.45, 2.75) is 44.2 Å². The van der Waals surface area contributed by atoms with Crippen LogP contribution in [0.5, 0.6) is 23.0 Å². The summed E-state index contributed by atoms with van der Waals surface area (Å²) in [6.07, 6.45) is 1.75. The van der Waals surface area contributed by atoms with Gasteiger partial charge in [0.05, 0.1) is 0 Å². The van der Waals surface area contributed by atoms with Crippen LogP contribution < -0.4 is 9.47 Å². The second kappa shape index (κ2) is 10.6. The number of rotatable bonds is 7. The van der Waals surface area contributed by atoms with Crippen LogP contribution in [0.25, 0.3) is 11.1 Å². The normalized spacial score (nSPS) is 20.4. The summed E-state index contributed by atoms with van der Waals surface area (Å²) in [6.45, 7) is 9.22. The molecule has 8 heteroatoms. The molecule has 5 rings (SSSR count). The minimum atomic E-state index is -3.66. The molecule has 0 bridgehead atoms. The van der Waals surface area contributed by atoms with Crippen LogP contribution >= 0.6 is 0 Å². The smallest absolute Gasteiger partial charge is 0.179 e. The van der Waals surface area contributed by atoms with Gasteiger partial charge in [-0.25, -0.2) is 8.42 Å². The second-order valence-corrected chi connectivity index (χ2v) is 12.8. The number of benzene rings is 3. The third-order valence-corrected chi connectivity index (χ3v) is 8.83. The van der Waals surface area contributed by atoms with E-state index in [9.17, 15) is 18.6 Å². The standard InChI is InChI=1S/C31H35NO6S/c1-19-13-14-32(17-19)20(2)18-37-25-9-5-22(6-10-25)31-30(21(3)26-16-24(33)8-12-28(26)38-31)23-7-11-27(34)29(15-23)39(4,35)36/h5-12,15-16,19-20,31,33-34H,13-14,17-18H2,1-4H3. The van der Waals surface area contributed by atoms with Gasteiger partial charge in [-0.15, -0.1) is 0 Å². The van der Waals surface area contributed by atoms with Crippen LogP contribution in [0.2, 0.25) is 0 Å². The Balaban J connectivity index is 1.47. The van der Waals surface area contributed by atoms with E-state index in [0.717, 1.165) is 53.3 Å². The van der Waals surface area contributed by atoms with Gasteiger partial charge in [0.25, 0.3) is 0 Å². The number of sulfone groups is 1. The van der Waals surface area contributed by atoms with Crippen molar-refractivity contribution in [1.82, 2.24) is 4.90 Å². The Kier molecular flexibility index (Phi) is 7.35. The monoisotopic (exact) mass is 549 g/mol. The van der Waals surface area contributed by atoms with E-state index in [2.05, 4.69) is 18.7 Å². The molecule has 0 aliphatic carbocycles. The first-order chi connectivity index (χ1) is 18.5. The van der Waals surface area contributed by atoms with E-state index in [1.165, 1.54) is 18.6 Å². The van der Waals surface area contributed by atoms with E-state index in [1.807, 2.05) is 31.2 Å². The first-order valence-electron chi connectivity index (χ1n) is 13.2. The van der Waals surface area contributed by atoms with E-state index in [1.54, 1.807) is 24.3 Å². The van der Waals surface area contributed by atoms with E-state index >= 15 is 0 Å². The van der Waals surface area contributed by atoms with Crippen LogP contribution in [0.4, 0.5) is 0 Å². The van der Waals surface area contributed by atoms with Gasteiger partial charge in [0.1, 0.15) is 40.6 Å². The topological polar surface area (TPSA) is 96.3 Å². The van der Waals surface area contributed by atoms with E-state index in [-0.39, 0.29) is 16.4 Å². The molecule has 0 saturated carbocycles. The predicted octanol–water partition coefficient (Wildman–Crippen LogP) is 5.67. The summed E-state index contributed by atoms with van der Waals surface area (Å²) in [7, 11) is -3.66. The van der Waals surface area contributed by atoms with Crippen molar-refractivity contribution in [2.24, 2.45) is 5.92 Å². The van der Waals surface area contributed by atoms with Gasteiger partial charge >= 0.3 is 0 Å². The number of phenolic OH excluding ortho intramolecular Hbond substituents is 2. The number of phenols is 2. The molecule has 3 unspecified atom stereocenters. The molecule has 2 aliphatic heterocycles. The number of ether oxygens (including phenoxy) is 2. The van der Waals surface area contributed by atoms with Crippen LogP contribution in [0.1, 0.15) is 50.0 Å². The molecule has 3 aromatic rings. The van der Waals surface area contributed by atoms with Gasteiger partial charge in [0.2, 0.25) is 0 Å². The lowest BCUT2D eigenvalue weighted by Crippen LogP contribution is -2.35.